The summed E-state index contributed by atoms with van der Waals surface area (Å²) in [6.45, 7) is 3.62. The van der Waals surface area contributed by atoms with Gasteiger partial charge in [0.1, 0.15) is 18.2 Å². The lowest BCUT2D eigenvalue weighted by molar-refractivity contribution is 0.188. The molecule has 2 bridgehead atoms. The first-order valence-electron chi connectivity index (χ1n) is 13.5. The quantitative estimate of drug-likeness (QED) is 0.420. The minimum Gasteiger partial charge on any atom is -0.508 e. The number of piperazine rings is 1. The van der Waals surface area contributed by atoms with Crippen molar-refractivity contribution in [1.29, 1.82) is 0 Å². The molecule has 0 unspecified atom stereocenters. The van der Waals surface area contributed by atoms with E-state index in [2.05, 4.69) is 46.4 Å². The minimum absolute atomic E-state index is 0.262. The number of benzene rings is 3. The standard InChI is InChI=1S/C30H33N5O2/c1-34-12-4-6-23(34)18-37-30-32-28-14-20(27-15-24(36)13-19-5-2-3-7-25(19)27)8-11-26(28)29(33-30)35-16-21-9-10-22(17-35)31-21/h2-3,5,7-8,11,13-15,21-23,31,36H,4,6,9-10,12,16-18H2,1H3/t21-,22+,23-/m0/s1. The van der Waals surface area contributed by atoms with Crippen LogP contribution in [0.4, 0.5) is 5.82 Å². The van der Waals surface area contributed by atoms with Crippen molar-refractivity contribution in [2.75, 3.05) is 38.2 Å². The fourth-order valence-corrected chi connectivity index (χ4v) is 6.43. The van der Waals surface area contributed by atoms with Crippen LogP contribution in [0.25, 0.3) is 32.8 Å². The van der Waals surface area contributed by atoms with Crippen LogP contribution in [0.15, 0.2) is 54.6 Å². The van der Waals surface area contributed by atoms with E-state index in [9.17, 15) is 5.11 Å². The van der Waals surface area contributed by atoms with E-state index >= 15 is 0 Å². The number of nitrogens with zero attached hydrogens (tertiary/aromatic N) is 4. The van der Waals surface area contributed by atoms with Crippen LogP contribution in [-0.2, 0) is 0 Å². The summed E-state index contributed by atoms with van der Waals surface area (Å²) in [5, 5.41) is 17.3. The molecule has 3 fully saturated rings. The molecule has 0 aliphatic carbocycles. The summed E-state index contributed by atoms with van der Waals surface area (Å²) in [5.41, 5.74) is 2.88. The molecule has 3 atom stereocenters. The summed E-state index contributed by atoms with van der Waals surface area (Å²) >= 11 is 0. The molecule has 3 saturated heterocycles. The normalized spacial score (nSPS) is 23.8. The summed E-state index contributed by atoms with van der Waals surface area (Å²) in [5.74, 6) is 1.23. The van der Waals surface area contributed by atoms with Crippen LogP contribution in [0.1, 0.15) is 25.7 Å². The number of aromatic hydroxyl groups is 1. The number of fused-ring (bicyclic) bond motifs is 4. The van der Waals surface area contributed by atoms with E-state index in [-0.39, 0.29) is 5.75 Å². The van der Waals surface area contributed by atoms with Gasteiger partial charge in [-0.25, -0.2) is 0 Å². The fourth-order valence-electron chi connectivity index (χ4n) is 6.43. The minimum atomic E-state index is 0.262. The first kappa shape index (κ1) is 22.8. The number of hydrogen-bond acceptors (Lipinski definition) is 7. The monoisotopic (exact) mass is 495 g/mol. The highest BCUT2D eigenvalue weighted by molar-refractivity contribution is 6.00. The smallest absolute Gasteiger partial charge is 0.319 e. The highest BCUT2D eigenvalue weighted by Gasteiger charge is 2.34. The fraction of sp³-hybridized carbons (Fsp3) is 0.400. The van der Waals surface area contributed by atoms with Crippen LogP contribution in [0.3, 0.4) is 0 Å². The molecule has 0 spiro atoms. The van der Waals surface area contributed by atoms with Crippen molar-refractivity contribution in [2.24, 2.45) is 0 Å². The van der Waals surface area contributed by atoms with Gasteiger partial charge in [-0.3, -0.25) is 0 Å². The summed E-state index contributed by atoms with van der Waals surface area (Å²) in [6.07, 6.45) is 4.79. The molecule has 37 heavy (non-hydrogen) atoms. The predicted octanol–water partition coefficient (Wildman–Crippen LogP) is 4.57. The van der Waals surface area contributed by atoms with Gasteiger partial charge in [0.15, 0.2) is 0 Å². The van der Waals surface area contributed by atoms with Crippen molar-refractivity contribution in [2.45, 2.75) is 43.8 Å². The summed E-state index contributed by atoms with van der Waals surface area (Å²) in [4.78, 5) is 14.7. The third-order valence-corrected chi connectivity index (χ3v) is 8.41. The lowest BCUT2D eigenvalue weighted by Gasteiger charge is -2.34. The third kappa shape index (κ3) is 4.26. The average molecular weight is 496 g/mol. The summed E-state index contributed by atoms with van der Waals surface area (Å²) in [6, 6.07) is 20.1. The van der Waals surface area contributed by atoms with E-state index in [1.54, 1.807) is 0 Å². The third-order valence-electron chi connectivity index (χ3n) is 8.41. The van der Waals surface area contributed by atoms with Gasteiger partial charge in [-0.2, -0.15) is 9.97 Å². The highest BCUT2D eigenvalue weighted by atomic mass is 16.5. The second-order valence-electron chi connectivity index (χ2n) is 10.9. The van der Waals surface area contributed by atoms with Gasteiger partial charge in [-0.15, -0.1) is 0 Å². The van der Waals surface area contributed by atoms with Crippen LogP contribution in [-0.4, -0.2) is 71.4 Å². The van der Waals surface area contributed by atoms with E-state index in [1.165, 1.54) is 19.3 Å². The Labute approximate surface area is 217 Å². The molecule has 7 heteroatoms. The number of rotatable bonds is 5. The zero-order chi connectivity index (χ0) is 24.9. The Balaban J connectivity index is 1.32. The van der Waals surface area contributed by atoms with Gasteiger partial charge in [0.2, 0.25) is 0 Å². The number of aromatic nitrogens is 2. The van der Waals surface area contributed by atoms with E-state index in [0.717, 1.165) is 64.7 Å². The Morgan fingerprint density at radius 2 is 1.81 bits per heavy atom. The van der Waals surface area contributed by atoms with Crippen molar-refractivity contribution in [1.82, 2.24) is 20.2 Å². The number of ether oxygens (including phenoxy) is 1. The van der Waals surface area contributed by atoms with Crippen LogP contribution in [0.5, 0.6) is 11.8 Å². The molecule has 4 heterocycles. The maximum absolute atomic E-state index is 10.4. The molecule has 7 nitrogen and oxygen atoms in total. The van der Waals surface area contributed by atoms with Crippen molar-refractivity contribution in [3.05, 3.63) is 54.6 Å². The summed E-state index contributed by atoms with van der Waals surface area (Å²) < 4.78 is 6.26. The number of hydrogen-bond donors (Lipinski definition) is 2. The number of nitrogens with one attached hydrogen (secondary N) is 1. The van der Waals surface area contributed by atoms with Crippen LogP contribution in [0.2, 0.25) is 0 Å². The molecule has 190 valence electrons. The zero-order valence-corrected chi connectivity index (χ0v) is 21.2. The van der Waals surface area contributed by atoms with Gasteiger partial charge in [-0.05, 0) is 85.4 Å². The van der Waals surface area contributed by atoms with Crippen LogP contribution >= 0.6 is 0 Å². The number of likely N-dealkylation sites (N-methyl/N-ethyl adjacent to an activating group) is 1. The molecule has 2 N–H and O–H groups in total. The lowest BCUT2D eigenvalue weighted by Crippen LogP contribution is -2.51. The van der Waals surface area contributed by atoms with Crippen LogP contribution < -0.4 is 15.0 Å². The number of phenols is 1. The molecule has 0 saturated carbocycles. The Kier molecular flexibility index (Phi) is 5.63. The van der Waals surface area contributed by atoms with E-state index in [4.69, 9.17) is 14.7 Å². The van der Waals surface area contributed by atoms with Gasteiger partial charge < -0.3 is 25.0 Å². The van der Waals surface area contributed by atoms with Gasteiger partial charge in [0.05, 0.1) is 5.52 Å². The van der Waals surface area contributed by atoms with Gasteiger partial charge >= 0.3 is 6.01 Å². The Bertz CT molecular complexity index is 1460. The Morgan fingerprint density at radius 3 is 2.62 bits per heavy atom. The molecule has 3 aliphatic rings. The maximum atomic E-state index is 10.4. The molecule has 0 radical (unpaired) electrons. The Morgan fingerprint density at radius 1 is 0.973 bits per heavy atom. The van der Waals surface area contributed by atoms with Gasteiger partial charge in [-0.1, -0.05) is 30.3 Å². The number of likely N-dealkylation sites (tertiary alicyclic amines) is 1. The number of phenolic OH excluding ortho intramolecular Hbond substituents is 1. The van der Waals surface area contributed by atoms with E-state index in [1.807, 2.05) is 30.3 Å². The lowest BCUT2D eigenvalue weighted by atomic mass is 9.97. The van der Waals surface area contributed by atoms with Crippen LogP contribution in [0, 0.1) is 0 Å². The molecule has 4 aromatic rings. The first-order chi connectivity index (χ1) is 18.1. The van der Waals surface area contributed by atoms with Gasteiger partial charge in [0.25, 0.3) is 0 Å². The molecule has 0 amide bonds. The highest BCUT2D eigenvalue weighted by Crippen LogP contribution is 2.37. The predicted molar refractivity (Wildman–Crippen MR) is 147 cm³/mol. The molecule has 7 rings (SSSR count). The average Bonchev–Trinajstić information content (AvgIpc) is 3.49. The topological polar surface area (TPSA) is 73.8 Å². The zero-order valence-electron chi connectivity index (χ0n) is 21.2. The molecule has 3 aliphatic heterocycles. The number of anilines is 1. The second-order valence-corrected chi connectivity index (χ2v) is 10.9. The second kappa shape index (κ2) is 9.15. The summed E-state index contributed by atoms with van der Waals surface area (Å²) in [7, 11) is 2.16. The molecule has 1 aromatic heterocycles. The van der Waals surface area contributed by atoms with E-state index < -0.39 is 0 Å². The van der Waals surface area contributed by atoms with Gasteiger partial charge in [0, 0.05) is 36.6 Å². The largest absolute Gasteiger partial charge is 0.508 e. The Hall–Kier alpha value is -3.42. The molecular weight excluding hydrogens is 462 g/mol. The van der Waals surface area contributed by atoms with Crippen molar-refractivity contribution in [3.8, 4) is 22.9 Å². The molecular formula is C30H33N5O2. The van der Waals surface area contributed by atoms with Crippen molar-refractivity contribution < 1.29 is 9.84 Å². The SMILES string of the molecule is CN1CCC[C@H]1COc1nc(N2C[C@H]3CC[C@@H](C2)N3)c2ccc(-c3cc(O)cc4ccccc34)cc2n1. The van der Waals surface area contributed by atoms with Crippen molar-refractivity contribution >= 4 is 27.5 Å². The van der Waals surface area contributed by atoms with E-state index in [0.29, 0.717) is 30.7 Å². The molecule has 3 aromatic carbocycles. The maximum Gasteiger partial charge on any atom is 0.319 e. The first-order valence-corrected chi connectivity index (χ1v) is 13.5. The van der Waals surface area contributed by atoms with Crippen molar-refractivity contribution in [3.63, 3.8) is 0 Å².